The number of nitrogens with two attached hydrogens (primary N) is 1. The third-order valence-electron chi connectivity index (χ3n) is 6.02. The Morgan fingerprint density at radius 2 is 1.77 bits per heavy atom. The lowest BCUT2D eigenvalue weighted by molar-refractivity contribution is -0.122. The molecular weight excluding hydrogens is 326 g/mol. The van der Waals surface area contributed by atoms with E-state index in [1.54, 1.807) is 0 Å². The lowest BCUT2D eigenvalue weighted by Gasteiger charge is -2.39. The summed E-state index contributed by atoms with van der Waals surface area (Å²) in [6, 6.07) is 8.69. The summed E-state index contributed by atoms with van der Waals surface area (Å²) in [6.07, 6.45) is 5.76. The van der Waals surface area contributed by atoms with Gasteiger partial charge in [-0.25, -0.2) is 4.79 Å². The van der Waals surface area contributed by atoms with Crippen molar-refractivity contribution < 1.29 is 9.59 Å². The molecule has 0 heterocycles. The van der Waals surface area contributed by atoms with Gasteiger partial charge in [-0.3, -0.25) is 4.79 Å². The van der Waals surface area contributed by atoms with Gasteiger partial charge in [0.15, 0.2) is 0 Å². The average Bonchev–Trinajstić information content (AvgIpc) is 2.62. The molecule has 1 fully saturated rings. The highest BCUT2D eigenvalue weighted by Gasteiger charge is 2.32. The van der Waals surface area contributed by atoms with E-state index in [4.69, 9.17) is 5.73 Å². The number of carbonyl (C=O) groups excluding carboxylic acids is 2. The number of primary amides is 1. The van der Waals surface area contributed by atoms with Crippen LogP contribution in [0.1, 0.15) is 70.9 Å². The molecule has 1 aromatic carbocycles. The van der Waals surface area contributed by atoms with Crippen LogP contribution in [0.15, 0.2) is 30.3 Å². The van der Waals surface area contributed by atoms with Crippen LogP contribution >= 0.6 is 0 Å². The van der Waals surface area contributed by atoms with Gasteiger partial charge < -0.3 is 16.4 Å². The molecule has 0 radical (unpaired) electrons. The van der Waals surface area contributed by atoms with Crippen LogP contribution in [-0.4, -0.2) is 18.0 Å². The van der Waals surface area contributed by atoms with Gasteiger partial charge in [0, 0.05) is 6.04 Å². The van der Waals surface area contributed by atoms with E-state index in [-0.39, 0.29) is 18.4 Å². The molecule has 26 heavy (non-hydrogen) atoms. The van der Waals surface area contributed by atoms with E-state index in [1.807, 2.05) is 30.3 Å². The van der Waals surface area contributed by atoms with Crippen molar-refractivity contribution >= 4 is 11.9 Å². The first-order valence-corrected chi connectivity index (χ1v) is 9.72. The topological polar surface area (TPSA) is 84.2 Å². The zero-order valence-corrected chi connectivity index (χ0v) is 16.3. The van der Waals surface area contributed by atoms with Crippen molar-refractivity contribution in [1.29, 1.82) is 0 Å². The lowest BCUT2D eigenvalue weighted by Crippen LogP contribution is -2.42. The van der Waals surface area contributed by atoms with Gasteiger partial charge in [0.05, 0.1) is 12.5 Å². The van der Waals surface area contributed by atoms with E-state index < -0.39 is 12.1 Å². The summed E-state index contributed by atoms with van der Waals surface area (Å²) in [4.78, 5) is 23.8. The number of urea groups is 1. The minimum Gasteiger partial charge on any atom is -0.353 e. The summed E-state index contributed by atoms with van der Waals surface area (Å²) >= 11 is 0. The molecule has 1 aliphatic rings. The summed E-state index contributed by atoms with van der Waals surface area (Å²) in [5.74, 6) is 0.694. The van der Waals surface area contributed by atoms with E-state index in [0.29, 0.717) is 5.41 Å². The number of carbonyl (C=O) groups is 2. The van der Waals surface area contributed by atoms with Gasteiger partial charge in [0.1, 0.15) is 0 Å². The molecule has 0 aliphatic heterocycles. The average molecular weight is 360 g/mol. The molecule has 0 bridgehead atoms. The van der Waals surface area contributed by atoms with Crippen LogP contribution in [-0.2, 0) is 4.79 Å². The standard InChI is InChI=1S/C21H33N3O2/c1-4-21(2,3)16-10-12-17(13-11-16)23-19(25)14-18(24-20(22)26)15-8-6-5-7-9-15/h5-9,16-18H,4,10-14H2,1-3H3,(H,23,25)(H3,22,24,26)/t16?,17?,18-/m1/s1. The smallest absolute Gasteiger partial charge is 0.312 e. The molecule has 0 aromatic heterocycles. The molecular formula is C21H33N3O2. The van der Waals surface area contributed by atoms with Crippen molar-refractivity contribution in [3.8, 4) is 0 Å². The second-order valence-electron chi connectivity index (χ2n) is 8.13. The van der Waals surface area contributed by atoms with Gasteiger partial charge in [0.2, 0.25) is 5.91 Å². The van der Waals surface area contributed by atoms with Crippen molar-refractivity contribution in [3.63, 3.8) is 0 Å². The van der Waals surface area contributed by atoms with Crippen LogP contribution in [0, 0.1) is 11.3 Å². The quantitative estimate of drug-likeness (QED) is 0.690. The second kappa shape index (κ2) is 9.06. The Morgan fingerprint density at radius 1 is 1.15 bits per heavy atom. The lowest BCUT2D eigenvalue weighted by atomic mass is 9.69. The Hall–Kier alpha value is -2.04. The highest BCUT2D eigenvalue weighted by Crippen LogP contribution is 2.40. The van der Waals surface area contributed by atoms with Crippen LogP contribution in [0.4, 0.5) is 4.79 Å². The fourth-order valence-electron chi connectivity index (χ4n) is 3.89. The minimum absolute atomic E-state index is 0.0363. The molecule has 144 valence electrons. The van der Waals surface area contributed by atoms with Gasteiger partial charge in [0.25, 0.3) is 0 Å². The molecule has 4 N–H and O–H groups in total. The Labute approximate surface area is 157 Å². The number of hydrogen-bond donors (Lipinski definition) is 3. The van der Waals surface area contributed by atoms with Crippen molar-refractivity contribution in [1.82, 2.24) is 10.6 Å². The van der Waals surface area contributed by atoms with E-state index >= 15 is 0 Å². The van der Waals surface area contributed by atoms with Crippen LogP contribution in [0.5, 0.6) is 0 Å². The Bertz CT molecular complexity index is 593. The predicted octanol–water partition coefficient (Wildman–Crippen LogP) is 3.90. The van der Waals surface area contributed by atoms with E-state index in [1.165, 1.54) is 6.42 Å². The van der Waals surface area contributed by atoms with Crippen molar-refractivity contribution in [3.05, 3.63) is 35.9 Å². The van der Waals surface area contributed by atoms with E-state index in [0.717, 1.165) is 37.2 Å². The summed E-state index contributed by atoms with van der Waals surface area (Å²) in [5, 5.41) is 5.83. The second-order valence-corrected chi connectivity index (χ2v) is 8.13. The summed E-state index contributed by atoms with van der Waals surface area (Å²) < 4.78 is 0. The summed E-state index contributed by atoms with van der Waals surface area (Å²) in [7, 11) is 0. The first kappa shape index (κ1) is 20.3. The van der Waals surface area contributed by atoms with Gasteiger partial charge in [-0.15, -0.1) is 0 Å². The largest absolute Gasteiger partial charge is 0.353 e. The summed E-state index contributed by atoms with van der Waals surface area (Å²) in [5.41, 5.74) is 6.54. The van der Waals surface area contributed by atoms with E-state index in [9.17, 15) is 9.59 Å². The number of rotatable bonds is 7. The molecule has 5 heteroatoms. The predicted molar refractivity (Wildman–Crippen MR) is 104 cm³/mol. The van der Waals surface area contributed by atoms with Crippen molar-refractivity contribution in [2.45, 2.75) is 71.4 Å². The zero-order valence-electron chi connectivity index (χ0n) is 16.3. The maximum absolute atomic E-state index is 12.5. The van der Waals surface area contributed by atoms with E-state index in [2.05, 4.69) is 31.4 Å². The fraction of sp³-hybridized carbons (Fsp3) is 0.619. The first-order chi connectivity index (χ1) is 12.3. The van der Waals surface area contributed by atoms with Crippen molar-refractivity contribution in [2.75, 3.05) is 0 Å². The highest BCUT2D eigenvalue weighted by molar-refractivity contribution is 5.79. The Balaban J connectivity index is 1.88. The molecule has 3 amide bonds. The van der Waals surface area contributed by atoms with Gasteiger partial charge >= 0.3 is 6.03 Å². The van der Waals surface area contributed by atoms with Crippen LogP contribution in [0.25, 0.3) is 0 Å². The molecule has 1 aromatic rings. The number of hydrogen-bond acceptors (Lipinski definition) is 2. The number of amides is 3. The third kappa shape index (κ3) is 5.75. The van der Waals surface area contributed by atoms with Crippen molar-refractivity contribution in [2.24, 2.45) is 17.1 Å². The van der Waals surface area contributed by atoms with Crippen LogP contribution in [0.3, 0.4) is 0 Å². The SMILES string of the molecule is CCC(C)(C)C1CCC(NC(=O)C[C@@H](NC(N)=O)c2ccccc2)CC1. The molecule has 0 saturated heterocycles. The maximum atomic E-state index is 12.5. The first-order valence-electron chi connectivity index (χ1n) is 9.72. The molecule has 0 spiro atoms. The van der Waals surface area contributed by atoms with Crippen LogP contribution < -0.4 is 16.4 Å². The van der Waals surface area contributed by atoms with Crippen LogP contribution in [0.2, 0.25) is 0 Å². The molecule has 1 aliphatic carbocycles. The minimum atomic E-state index is -0.617. The van der Waals surface area contributed by atoms with Gasteiger partial charge in [-0.1, -0.05) is 57.5 Å². The van der Waals surface area contributed by atoms with Gasteiger partial charge in [-0.05, 0) is 42.6 Å². The molecule has 1 saturated carbocycles. The third-order valence-corrected chi connectivity index (χ3v) is 6.02. The molecule has 1 atom stereocenters. The Morgan fingerprint density at radius 3 is 2.31 bits per heavy atom. The zero-order chi connectivity index (χ0) is 19.2. The number of nitrogens with one attached hydrogen (secondary N) is 2. The maximum Gasteiger partial charge on any atom is 0.312 e. The summed E-state index contributed by atoms with van der Waals surface area (Å²) in [6.45, 7) is 6.94. The molecule has 5 nitrogen and oxygen atoms in total. The highest BCUT2D eigenvalue weighted by atomic mass is 16.2. The molecule has 0 unspecified atom stereocenters. The monoisotopic (exact) mass is 359 g/mol. The van der Waals surface area contributed by atoms with Gasteiger partial charge in [-0.2, -0.15) is 0 Å². The molecule has 2 rings (SSSR count). The fourth-order valence-corrected chi connectivity index (χ4v) is 3.89. The Kier molecular flexibility index (Phi) is 7.06. The normalized spacial score (nSPS) is 21.7. The number of benzene rings is 1.